The van der Waals surface area contributed by atoms with Crippen LogP contribution in [-0.4, -0.2) is 85.9 Å². The van der Waals surface area contributed by atoms with Crippen molar-refractivity contribution in [3.63, 3.8) is 0 Å². The minimum atomic E-state index is -5.01. The fourth-order valence-corrected chi connectivity index (χ4v) is 9.93. The average molecular weight is 785 g/mol. The number of aliphatic imine (C=N–C) groups is 1. The smallest absolute Gasteiger partial charge is 0.337 e. The van der Waals surface area contributed by atoms with E-state index in [9.17, 15) is 27.6 Å². The van der Waals surface area contributed by atoms with Crippen LogP contribution in [0.5, 0.6) is 0 Å². The molecule has 4 aliphatic heterocycles. The molecule has 3 fully saturated rings. The minimum absolute atomic E-state index is 0.0288. The van der Waals surface area contributed by atoms with Gasteiger partial charge in [-0.05, 0) is 87.0 Å². The molecule has 0 N–H and O–H groups in total. The first-order valence-electron chi connectivity index (χ1n) is 17.1. The molecule has 1 spiro atoms. The standard InChI is InChI=1S/C36H36Cl2F5N5O3S/c1-18(2)27-28(31(50)47-19(3)5-10-26(47)30(49)45-13-14-46(32(51)36(41,42)43)35(17-45)11-12-35)52-33-44-34(4,22-8-7-21(37)16-24(22)39)29(48(27)33)20-6-9-23(38)25(40)15-20/h6-9,15-16,18-19,26,29H,5,10-14,17H2,1-4H3/t19-,26+,29-,34+/m1/s1. The van der Waals surface area contributed by atoms with Crippen molar-refractivity contribution in [1.82, 2.24) is 19.6 Å². The van der Waals surface area contributed by atoms with Gasteiger partial charge in [-0.1, -0.05) is 49.2 Å². The Hall–Kier alpha value is -3.36. The molecule has 0 unspecified atom stereocenters. The number of rotatable bonds is 5. The van der Waals surface area contributed by atoms with Gasteiger partial charge in [0.2, 0.25) is 5.91 Å². The van der Waals surface area contributed by atoms with Crippen LogP contribution in [0, 0.1) is 17.6 Å². The third-order valence-corrected chi connectivity index (χ3v) is 12.6. The summed E-state index contributed by atoms with van der Waals surface area (Å²) < 4.78 is 70.7. The summed E-state index contributed by atoms with van der Waals surface area (Å²) >= 11 is 13.3. The molecule has 16 heteroatoms. The molecule has 2 aromatic rings. The van der Waals surface area contributed by atoms with Crippen molar-refractivity contribution in [1.29, 1.82) is 0 Å². The molecule has 4 heterocycles. The molecule has 278 valence electrons. The van der Waals surface area contributed by atoms with Crippen LogP contribution in [0.2, 0.25) is 10.0 Å². The van der Waals surface area contributed by atoms with E-state index in [2.05, 4.69) is 0 Å². The second kappa shape index (κ2) is 12.9. The number of hydrogen-bond acceptors (Lipinski definition) is 6. The fraction of sp³-hybridized carbons (Fsp3) is 0.500. The van der Waals surface area contributed by atoms with E-state index in [1.165, 1.54) is 23.1 Å². The van der Waals surface area contributed by atoms with E-state index >= 15 is 8.78 Å². The van der Waals surface area contributed by atoms with Gasteiger partial charge in [-0.15, -0.1) is 0 Å². The van der Waals surface area contributed by atoms with Crippen molar-refractivity contribution in [2.24, 2.45) is 10.9 Å². The first-order valence-corrected chi connectivity index (χ1v) is 18.7. The molecule has 0 bridgehead atoms. The van der Waals surface area contributed by atoms with Crippen molar-refractivity contribution < 1.29 is 36.3 Å². The van der Waals surface area contributed by atoms with E-state index in [1.807, 2.05) is 25.7 Å². The quantitative estimate of drug-likeness (QED) is 0.292. The summed E-state index contributed by atoms with van der Waals surface area (Å²) in [5.41, 5.74) is -1.10. The van der Waals surface area contributed by atoms with Crippen LogP contribution < -0.4 is 0 Å². The highest BCUT2D eigenvalue weighted by Gasteiger charge is 2.60. The maximum Gasteiger partial charge on any atom is 0.471 e. The molecule has 3 amide bonds. The van der Waals surface area contributed by atoms with E-state index in [4.69, 9.17) is 28.2 Å². The predicted molar refractivity (Wildman–Crippen MR) is 187 cm³/mol. The normalized spacial score (nSPS) is 26.8. The number of hydrogen-bond donors (Lipinski definition) is 0. The number of halogens is 7. The van der Waals surface area contributed by atoms with Gasteiger partial charge in [0.15, 0.2) is 5.17 Å². The maximum absolute atomic E-state index is 15.6. The zero-order valence-electron chi connectivity index (χ0n) is 28.7. The Balaban J connectivity index is 1.22. The lowest BCUT2D eigenvalue weighted by Gasteiger charge is -2.43. The van der Waals surface area contributed by atoms with Crippen molar-refractivity contribution >= 4 is 57.9 Å². The molecule has 2 saturated heterocycles. The Morgan fingerprint density at radius 1 is 1.00 bits per heavy atom. The third kappa shape index (κ3) is 5.96. The lowest BCUT2D eigenvalue weighted by Crippen LogP contribution is -2.62. The molecule has 7 rings (SSSR count). The van der Waals surface area contributed by atoms with Crippen molar-refractivity contribution in [3.8, 4) is 0 Å². The number of nitrogens with zero attached hydrogens (tertiary/aromatic N) is 5. The summed E-state index contributed by atoms with van der Waals surface area (Å²) in [6, 6.07) is 6.64. The van der Waals surface area contributed by atoms with Crippen LogP contribution >= 0.6 is 35.0 Å². The summed E-state index contributed by atoms with van der Waals surface area (Å²) in [5, 5.41) is 0.510. The molecule has 1 saturated carbocycles. The average Bonchev–Trinajstić information content (AvgIpc) is 3.42. The van der Waals surface area contributed by atoms with Gasteiger partial charge in [-0.2, -0.15) is 13.2 Å². The van der Waals surface area contributed by atoms with E-state index in [0.29, 0.717) is 47.0 Å². The number of alkyl halides is 3. The molecule has 1 aliphatic carbocycles. The number of fused-ring (bicyclic) bond motifs is 1. The molecule has 8 nitrogen and oxygen atoms in total. The highest BCUT2D eigenvalue weighted by atomic mass is 35.5. The molecule has 0 aromatic heterocycles. The largest absolute Gasteiger partial charge is 0.471 e. The fourth-order valence-electron chi connectivity index (χ4n) is 8.30. The molecule has 2 aromatic carbocycles. The summed E-state index contributed by atoms with van der Waals surface area (Å²) in [7, 11) is 0. The van der Waals surface area contributed by atoms with Crippen molar-refractivity contribution in [2.75, 3.05) is 19.6 Å². The number of piperazine rings is 1. The number of amides is 3. The van der Waals surface area contributed by atoms with Crippen LogP contribution in [0.1, 0.15) is 70.5 Å². The first kappa shape index (κ1) is 37.0. The van der Waals surface area contributed by atoms with Crippen LogP contribution in [0.3, 0.4) is 0 Å². The summed E-state index contributed by atoms with van der Waals surface area (Å²) in [6.45, 7) is 7.04. The molecular formula is C36H36Cl2F5N5O3S. The Bertz CT molecular complexity index is 1940. The first-order chi connectivity index (χ1) is 24.4. The highest BCUT2D eigenvalue weighted by molar-refractivity contribution is 8.18. The maximum atomic E-state index is 15.6. The SMILES string of the molecule is CC(C)C1=C(C(=O)N2[C@H](C)CC[C@H]2C(=O)N2CCN(C(=O)C(F)(F)F)C3(CC3)C2)SC2=N[C@@](C)(c3ccc(Cl)cc3F)[C@@H](c3ccc(Cl)c(F)c3)N21. The van der Waals surface area contributed by atoms with Gasteiger partial charge in [0, 0.05) is 42.0 Å². The number of benzene rings is 2. The minimum Gasteiger partial charge on any atom is -0.337 e. The van der Waals surface area contributed by atoms with Crippen molar-refractivity contribution in [2.45, 2.75) is 88.8 Å². The van der Waals surface area contributed by atoms with Crippen LogP contribution in [0.4, 0.5) is 22.0 Å². The Morgan fingerprint density at radius 2 is 1.71 bits per heavy atom. The Morgan fingerprint density at radius 3 is 2.33 bits per heavy atom. The number of carbonyl (C=O) groups is 3. The lowest BCUT2D eigenvalue weighted by atomic mass is 9.80. The van der Waals surface area contributed by atoms with Gasteiger partial charge < -0.3 is 19.6 Å². The van der Waals surface area contributed by atoms with Gasteiger partial charge in [0.1, 0.15) is 28.1 Å². The second-order valence-corrected chi connectivity index (χ2v) is 16.5. The number of allylic oxidation sites excluding steroid dienone is 1. The van der Waals surface area contributed by atoms with Gasteiger partial charge in [0.25, 0.3) is 5.91 Å². The molecule has 5 aliphatic rings. The topological polar surface area (TPSA) is 76.5 Å². The van der Waals surface area contributed by atoms with Crippen LogP contribution in [-0.2, 0) is 19.9 Å². The summed E-state index contributed by atoms with van der Waals surface area (Å²) in [5.74, 6) is -4.21. The van der Waals surface area contributed by atoms with Crippen molar-refractivity contribution in [3.05, 3.63) is 79.8 Å². The number of carbonyl (C=O) groups excluding carboxylic acids is 3. The molecule has 0 radical (unpaired) electrons. The van der Waals surface area contributed by atoms with E-state index in [1.54, 1.807) is 30.0 Å². The Kier molecular flexibility index (Phi) is 9.17. The third-order valence-electron chi connectivity index (χ3n) is 11.0. The molecule has 4 atom stereocenters. The van der Waals surface area contributed by atoms with E-state index in [0.717, 1.165) is 16.7 Å². The van der Waals surface area contributed by atoms with E-state index < -0.39 is 52.8 Å². The van der Waals surface area contributed by atoms with E-state index in [-0.39, 0.29) is 53.1 Å². The molecular weight excluding hydrogens is 748 g/mol. The van der Waals surface area contributed by atoms with Gasteiger partial charge in [0.05, 0.1) is 16.6 Å². The highest BCUT2D eigenvalue weighted by Crippen LogP contribution is 2.57. The predicted octanol–water partition coefficient (Wildman–Crippen LogP) is 7.66. The number of amidine groups is 1. The lowest BCUT2D eigenvalue weighted by molar-refractivity contribution is -0.191. The van der Waals surface area contributed by atoms with Gasteiger partial charge in [-0.3, -0.25) is 14.4 Å². The zero-order valence-corrected chi connectivity index (χ0v) is 31.1. The van der Waals surface area contributed by atoms with Gasteiger partial charge in [-0.25, -0.2) is 13.8 Å². The number of likely N-dealkylation sites (tertiary alicyclic amines) is 1. The monoisotopic (exact) mass is 783 g/mol. The second-order valence-electron chi connectivity index (χ2n) is 14.7. The number of thioether (sulfide) groups is 1. The summed E-state index contributed by atoms with van der Waals surface area (Å²) in [4.78, 5) is 52.1. The van der Waals surface area contributed by atoms with Crippen LogP contribution in [0.25, 0.3) is 0 Å². The Labute approximate surface area is 312 Å². The van der Waals surface area contributed by atoms with Gasteiger partial charge >= 0.3 is 12.1 Å². The zero-order chi connectivity index (χ0) is 37.7. The van der Waals surface area contributed by atoms with Crippen LogP contribution in [0.15, 0.2) is 52.0 Å². The summed E-state index contributed by atoms with van der Waals surface area (Å²) in [6.07, 6.45) is -3.40. The molecule has 52 heavy (non-hydrogen) atoms.